The number of aromatic nitrogens is 2. The van der Waals surface area contributed by atoms with Crippen LogP contribution in [-0.2, 0) is 4.79 Å². The molecule has 2 fully saturated rings. The van der Waals surface area contributed by atoms with Gasteiger partial charge < -0.3 is 9.80 Å². The molecular weight excluding hydrogens is 340 g/mol. The van der Waals surface area contributed by atoms with Crippen molar-refractivity contribution in [1.29, 1.82) is 0 Å². The van der Waals surface area contributed by atoms with Crippen LogP contribution in [0.3, 0.4) is 0 Å². The van der Waals surface area contributed by atoms with E-state index in [0.717, 1.165) is 31.4 Å². The van der Waals surface area contributed by atoms with E-state index in [9.17, 15) is 9.59 Å². The quantitative estimate of drug-likeness (QED) is 0.821. The molecule has 2 aromatic rings. The number of amides is 2. The number of likely N-dealkylation sites (tertiary alicyclic amines) is 2. The smallest absolute Gasteiger partial charge is 0.257 e. The standard InChI is InChI=1S/C21H24N4O2/c1-15-22-13-17(18(23-15)16-7-4-3-5-8-16)19(26)25-12-10-21(14-25)9-6-11-24(2)20(21)27/h3-5,7-8,13H,6,9-12,14H2,1-2H3/t21-/m1/s1. The zero-order chi connectivity index (χ0) is 19.0. The Morgan fingerprint density at radius 1 is 1.15 bits per heavy atom. The lowest BCUT2D eigenvalue weighted by atomic mass is 9.78. The van der Waals surface area contributed by atoms with Crippen molar-refractivity contribution >= 4 is 11.8 Å². The molecule has 2 amide bonds. The van der Waals surface area contributed by atoms with Gasteiger partial charge in [0, 0.05) is 38.4 Å². The Kier molecular flexibility index (Phi) is 4.42. The van der Waals surface area contributed by atoms with Gasteiger partial charge in [-0.15, -0.1) is 0 Å². The van der Waals surface area contributed by atoms with Crippen molar-refractivity contribution in [3.63, 3.8) is 0 Å². The maximum atomic E-state index is 13.3. The Morgan fingerprint density at radius 3 is 2.70 bits per heavy atom. The summed E-state index contributed by atoms with van der Waals surface area (Å²) in [4.78, 5) is 38.4. The van der Waals surface area contributed by atoms with Crippen LogP contribution in [0.5, 0.6) is 0 Å². The lowest BCUT2D eigenvalue weighted by molar-refractivity contribution is -0.143. The van der Waals surface area contributed by atoms with E-state index in [1.54, 1.807) is 11.1 Å². The number of nitrogens with zero attached hydrogens (tertiary/aromatic N) is 4. The van der Waals surface area contributed by atoms with E-state index in [4.69, 9.17) is 0 Å². The van der Waals surface area contributed by atoms with Gasteiger partial charge in [0.15, 0.2) is 0 Å². The number of benzene rings is 1. The predicted molar refractivity (Wildman–Crippen MR) is 102 cm³/mol. The Morgan fingerprint density at radius 2 is 1.93 bits per heavy atom. The minimum Gasteiger partial charge on any atom is -0.345 e. The molecule has 6 heteroatoms. The topological polar surface area (TPSA) is 66.4 Å². The highest BCUT2D eigenvalue weighted by atomic mass is 16.2. The van der Waals surface area contributed by atoms with E-state index in [-0.39, 0.29) is 11.8 Å². The van der Waals surface area contributed by atoms with E-state index in [0.29, 0.717) is 30.2 Å². The fraction of sp³-hybridized carbons (Fsp3) is 0.429. The normalized spacial score (nSPS) is 22.5. The van der Waals surface area contributed by atoms with Gasteiger partial charge in [0.1, 0.15) is 5.82 Å². The van der Waals surface area contributed by atoms with Crippen LogP contribution in [0.15, 0.2) is 36.5 Å². The third-order valence-corrected chi connectivity index (χ3v) is 5.78. The van der Waals surface area contributed by atoms with Gasteiger partial charge in [-0.3, -0.25) is 9.59 Å². The fourth-order valence-corrected chi connectivity index (χ4v) is 4.31. The largest absolute Gasteiger partial charge is 0.345 e. The molecule has 1 aromatic heterocycles. The summed E-state index contributed by atoms with van der Waals surface area (Å²) in [6.07, 6.45) is 4.20. The molecular formula is C21H24N4O2. The number of aryl methyl sites for hydroxylation is 1. The lowest BCUT2D eigenvalue weighted by Crippen LogP contribution is -2.48. The highest BCUT2D eigenvalue weighted by Gasteiger charge is 2.48. The van der Waals surface area contributed by atoms with Gasteiger partial charge in [-0.2, -0.15) is 0 Å². The van der Waals surface area contributed by atoms with Crippen molar-refractivity contribution in [3.8, 4) is 11.3 Å². The fourth-order valence-electron chi connectivity index (χ4n) is 4.31. The van der Waals surface area contributed by atoms with E-state index in [1.165, 1.54) is 0 Å². The molecule has 1 spiro atoms. The summed E-state index contributed by atoms with van der Waals surface area (Å²) in [5.74, 6) is 0.714. The zero-order valence-corrected chi connectivity index (χ0v) is 15.8. The lowest BCUT2D eigenvalue weighted by Gasteiger charge is -2.37. The summed E-state index contributed by atoms with van der Waals surface area (Å²) >= 11 is 0. The molecule has 1 atom stereocenters. The Balaban J connectivity index is 1.64. The van der Waals surface area contributed by atoms with Gasteiger partial charge in [-0.1, -0.05) is 30.3 Å². The highest BCUT2D eigenvalue weighted by Crippen LogP contribution is 2.40. The summed E-state index contributed by atoms with van der Waals surface area (Å²) in [5, 5.41) is 0. The van der Waals surface area contributed by atoms with Gasteiger partial charge in [0.05, 0.1) is 16.7 Å². The second-order valence-electron chi connectivity index (χ2n) is 7.63. The first kappa shape index (κ1) is 17.6. The van der Waals surface area contributed by atoms with Crippen LogP contribution in [-0.4, -0.2) is 58.3 Å². The molecule has 2 aliphatic heterocycles. The molecule has 0 bridgehead atoms. The second kappa shape index (κ2) is 6.76. The average molecular weight is 364 g/mol. The first-order valence-corrected chi connectivity index (χ1v) is 9.44. The number of carbonyl (C=O) groups is 2. The molecule has 0 unspecified atom stereocenters. The molecule has 6 nitrogen and oxygen atoms in total. The predicted octanol–water partition coefficient (Wildman–Crippen LogP) is 2.54. The van der Waals surface area contributed by atoms with Crippen molar-refractivity contribution in [2.75, 3.05) is 26.7 Å². The molecule has 0 saturated carbocycles. The van der Waals surface area contributed by atoms with Gasteiger partial charge in [-0.25, -0.2) is 9.97 Å². The van der Waals surface area contributed by atoms with E-state index in [2.05, 4.69) is 9.97 Å². The summed E-state index contributed by atoms with van der Waals surface area (Å²) in [6.45, 7) is 3.71. The minimum absolute atomic E-state index is 0.0910. The van der Waals surface area contributed by atoms with Crippen molar-refractivity contribution in [2.45, 2.75) is 26.2 Å². The Bertz CT molecular complexity index is 883. The van der Waals surface area contributed by atoms with Crippen molar-refractivity contribution in [3.05, 3.63) is 47.9 Å². The van der Waals surface area contributed by atoms with Crippen LogP contribution < -0.4 is 0 Å². The van der Waals surface area contributed by atoms with Gasteiger partial charge in [-0.05, 0) is 26.2 Å². The molecule has 0 aliphatic carbocycles. The van der Waals surface area contributed by atoms with E-state index < -0.39 is 5.41 Å². The number of rotatable bonds is 2. The number of hydrogen-bond acceptors (Lipinski definition) is 4. The van der Waals surface area contributed by atoms with Crippen LogP contribution in [0.25, 0.3) is 11.3 Å². The highest BCUT2D eigenvalue weighted by molar-refractivity contribution is 6.00. The summed E-state index contributed by atoms with van der Waals surface area (Å²) in [7, 11) is 1.86. The van der Waals surface area contributed by atoms with Crippen LogP contribution in [0.2, 0.25) is 0 Å². The average Bonchev–Trinajstić information content (AvgIpc) is 3.11. The molecule has 2 saturated heterocycles. The van der Waals surface area contributed by atoms with Crippen LogP contribution in [0, 0.1) is 12.3 Å². The molecule has 0 N–H and O–H groups in total. The maximum absolute atomic E-state index is 13.3. The van der Waals surface area contributed by atoms with Gasteiger partial charge >= 0.3 is 0 Å². The molecule has 27 heavy (non-hydrogen) atoms. The Labute approximate surface area is 159 Å². The molecule has 4 rings (SSSR count). The van der Waals surface area contributed by atoms with Crippen molar-refractivity contribution in [1.82, 2.24) is 19.8 Å². The number of carbonyl (C=O) groups excluding carboxylic acids is 2. The monoisotopic (exact) mass is 364 g/mol. The van der Waals surface area contributed by atoms with Crippen molar-refractivity contribution in [2.24, 2.45) is 5.41 Å². The van der Waals surface area contributed by atoms with E-state index in [1.807, 2.05) is 49.2 Å². The second-order valence-corrected chi connectivity index (χ2v) is 7.63. The van der Waals surface area contributed by atoms with Gasteiger partial charge in [0.25, 0.3) is 5.91 Å². The third kappa shape index (κ3) is 3.09. The third-order valence-electron chi connectivity index (χ3n) is 5.78. The SMILES string of the molecule is Cc1ncc(C(=O)N2CC[C@]3(CCCN(C)C3=O)C2)c(-c2ccccc2)n1. The first-order chi connectivity index (χ1) is 13.0. The minimum atomic E-state index is -0.416. The zero-order valence-electron chi connectivity index (χ0n) is 15.8. The van der Waals surface area contributed by atoms with E-state index >= 15 is 0 Å². The molecule has 1 aromatic carbocycles. The van der Waals surface area contributed by atoms with Crippen LogP contribution >= 0.6 is 0 Å². The molecule has 3 heterocycles. The summed E-state index contributed by atoms with van der Waals surface area (Å²) in [6, 6.07) is 9.70. The Hall–Kier alpha value is -2.76. The summed E-state index contributed by atoms with van der Waals surface area (Å²) in [5.41, 5.74) is 1.64. The molecule has 2 aliphatic rings. The first-order valence-electron chi connectivity index (χ1n) is 9.44. The van der Waals surface area contributed by atoms with Gasteiger partial charge in [0.2, 0.25) is 5.91 Å². The van der Waals surface area contributed by atoms with Crippen molar-refractivity contribution < 1.29 is 9.59 Å². The summed E-state index contributed by atoms with van der Waals surface area (Å²) < 4.78 is 0. The van der Waals surface area contributed by atoms with Crippen LogP contribution in [0.1, 0.15) is 35.4 Å². The number of piperidine rings is 1. The molecule has 0 radical (unpaired) electrons. The maximum Gasteiger partial charge on any atom is 0.257 e. The van der Waals surface area contributed by atoms with Crippen LogP contribution in [0.4, 0.5) is 0 Å². The number of hydrogen-bond donors (Lipinski definition) is 0. The molecule has 140 valence electrons.